The Morgan fingerprint density at radius 1 is 1.05 bits per heavy atom. The zero-order valence-corrected chi connectivity index (χ0v) is 24.2. The second-order valence-electron chi connectivity index (χ2n) is 8.51. The van der Waals surface area contributed by atoms with Crippen molar-refractivity contribution in [2.75, 3.05) is 13.7 Å². The topological polar surface area (TPSA) is 94.4 Å². The van der Waals surface area contributed by atoms with Crippen LogP contribution in [0.5, 0.6) is 11.5 Å². The minimum atomic E-state index is -0.786. The molecule has 10 heteroatoms. The van der Waals surface area contributed by atoms with Crippen molar-refractivity contribution in [3.8, 4) is 11.5 Å². The van der Waals surface area contributed by atoms with Crippen LogP contribution in [0.2, 0.25) is 10.0 Å². The van der Waals surface area contributed by atoms with Crippen LogP contribution in [0.15, 0.2) is 81.9 Å². The van der Waals surface area contributed by atoms with Gasteiger partial charge in [0.2, 0.25) is 0 Å². The number of aryl methyl sites for hydroxylation is 1. The van der Waals surface area contributed by atoms with Crippen molar-refractivity contribution in [2.45, 2.75) is 20.5 Å². The van der Waals surface area contributed by atoms with Crippen molar-refractivity contribution in [3.05, 3.63) is 109 Å². The minimum Gasteiger partial charge on any atom is -0.506 e. The molecule has 0 unspecified atom stereocenters. The Kier molecular flexibility index (Phi) is 9.58. The molecule has 40 heavy (non-hydrogen) atoms. The van der Waals surface area contributed by atoms with Gasteiger partial charge in [0.1, 0.15) is 23.0 Å². The quantitative estimate of drug-likeness (QED) is 0.267. The largest absolute Gasteiger partial charge is 0.506 e. The molecule has 0 aromatic heterocycles. The molecule has 0 saturated heterocycles. The van der Waals surface area contributed by atoms with Gasteiger partial charge in [0.15, 0.2) is 11.5 Å². The molecule has 3 aromatic rings. The van der Waals surface area contributed by atoms with E-state index in [2.05, 4.69) is 4.99 Å². The number of thioether (sulfide) groups is 1. The molecule has 0 fully saturated rings. The number of nitrogens with zero attached hydrogens (tertiary/aromatic N) is 1. The van der Waals surface area contributed by atoms with Crippen molar-refractivity contribution in [1.29, 1.82) is 0 Å². The van der Waals surface area contributed by atoms with Crippen LogP contribution in [0.1, 0.15) is 34.0 Å². The molecule has 3 aromatic carbocycles. The Morgan fingerprint density at radius 2 is 1.77 bits per heavy atom. The van der Waals surface area contributed by atoms with E-state index < -0.39 is 11.9 Å². The second-order valence-corrected chi connectivity index (χ2v) is 10.4. The van der Waals surface area contributed by atoms with Crippen LogP contribution in [-0.4, -0.2) is 35.7 Å². The predicted molar refractivity (Wildman–Crippen MR) is 159 cm³/mol. The lowest BCUT2D eigenvalue weighted by atomic mass is 10.1. The van der Waals surface area contributed by atoms with Crippen molar-refractivity contribution in [3.63, 3.8) is 0 Å². The normalized spacial score (nSPS) is 15.0. The number of aliphatic imine (C=N–C) groups is 1. The summed E-state index contributed by atoms with van der Waals surface area (Å²) in [5.41, 5.74) is 2.28. The number of carbonyl (C=O) groups excluding carboxylic acids is 2. The number of amides is 1. The Labute approximate surface area is 246 Å². The van der Waals surface area contributed by atoms with E-state index >= 15 is 0 Å². The maximum Gasteiger partial charge on any atom is 0.344 e. The number of aliphatic hydroxyl groups excluding tert-OH is 1. The zero-order valence-electron chi connectivity index (χ0n) is 21.9. The first-order chi connectivity index (χ1) is 19.2. The summed E-state index contributed by atoms with van der Waals surface area (Å²) in [5, 5.41) is 11.9. The third-order valence-corrected chi connectivity index (χ3v) is 7.50. The summed E-state index contributed by atoms with van der Waals surface area (Å²) in [4.78, 5) is 30.1. The molecule has 206 valence electrons. The molecule has 0 radical (unpaired) electrons. The lowest BCUT2D eigenvalue weighted by Gasteiger charge is -2.14. The molecule has 0 spiro atoms. The van der Waals surface area contributed by atoms with Gasteiger partial charge in [-0.15, -0.1) is 0 Å². The summed E-state index contributed by atoms with van der Waals surface area (Å²) < 4.78 is 16.5. The molecule has 1 N–H and O–H groups in total. The van der Waals surface area contributed by atoms with Crippen molar-refractivity contribution in [2.24, 2.45) is 4.99 Å². The van der Waals surface area contributed by atoms with Crippen LogP contribution in [0.4, 0.5) is 0 Å². The Balaban J connectivity index is 1.67. The molecule has 0 atom stereocenters. The van der Waals surface area contributed by atoms with E-state index in [-0.39, 0.29) is 39.5 Å². The third kappa shape index (κ3) is 6.53. The second kappa shape index (κ2) is 13.1. The summed E-state index contributed by atoms with van der Waals surface area (Å²) in [7, 11) is 1.48. The van der Waals surface area contributed by atoms with Crippen LogP contribution >= 0.6 is 35.0 Å². The Bertz CT molecular complexity index is 1560. The van der Waals surface area contributed by atoms with Gasteiger partial charge in [-0.25, -0.2) is 9.79 Å². The molecule has 0 bridgehead atoms. The monoisotopic (exact) mass is 597 g/mol. The van der Waals surface area contributed by atoms with E-state index in [9.17, 15) is 14.7 Å². The zero-order chi connectivity index (χ0) is 28.8. The number of aliphatic hydroxyl groups is 1. The smallest absolute Gasteiger partial charge is 0.344 e. The predicted octanol–water partition coefficient (Wildman–Crippen LogP) is 7.59. The molecule has 7 nitrogen and oxygen atoms in total. The van der Waals surface area contributed by atoms with Crippen LogP contribution in [0.25, 0.3) is 6.08 Å². The van der Waals surface area contributed by atoms with E-state index in [4.69, 9.17) is 37.4 Å². The fourth-order valence-electron chi connectivity index (χ4n) is 3.84. The first-order valence-electron chi connectivity index (χ1n) is 12.2. The molecule has 1 heterocycles. The Morgan fingerprint density at radius 3 is 2.48 bits per heavy atom. The first kappa shape index (κ1) is 29.3. The van der Waals surface area contributed by atoms with Crippen molar-refractivity contribution >= 4 is 58.0 Å². The lowest BCUT2D eigenvalue weighted by molar-refractivity contribution is -0.138. The van der Waals surface area contributed by atoms with E-state index in [0.29, 0.717) is 27.6 Å². The van der Waals surface area contributed by atoms with Gasteiger partial charge in [0, 0.05) is 16.1 Å². The molecule has 0 aliphatic carbocycles. The summed E-state index contributed by atoms with van der Waals surface area (Å²) in [5.74, 6) is -1.00. The molecule has 0 saturated carbocycles. The highest BCUT2D eigenvalue weighted by Gasteiger charge is 2.34. The standard InChI is InChI=1S/C30H25Cl2NO6S/c1-4-38-30(36)25-26(34)24(40-29(25)33-28(35)20-11-7-5-9-17(20)2)15-18-13-22(32)27(23(14-18)37-3)39-16-19-10-6-8-12-21(19)31/h5-15,34H,4,16H2,1-3H3/b24-15-,33-29?. The van der Waals surface area contributed by atoms with Crippen LogP contribution in [-0.2, 0) is 16.1 Å². The number of esters is 1. The average Bonchev–Trinajstić information content (AvgIpc) is 3.22. The van der Waals surface area contributed by atoms with E-state index in [1.54, 1.807) is 56.3 Å². The van der Waals surface area contributed by atoms with Gasteiger partial charge in [0.25, 0.3) is 5.91 Å². The molecule has 1 aliphatic rings. The molecular formula is C30H25Cl2NO6S. The fraction of sp³-hybridized carbons (Fsp3) is 0.167. The van der Waals surface area contributed by atoms with E-state index in [1.807, 2.05) is 24.3 Å². The van der Waals surface area contributed by atoms with Crippen molar-refractivity contribution in [1.82, 2.24) is 0 Å². The highest BCUT2D eigenvalue weighted by atomic mass is 35.5. The molecule has 1 amide bonds. The van der Waals surface area contributed by atoms with Crippen LogP contribution in [0.3, 0.4) is 0 Å². The number of halogens is 2. The summed E-state index contributed by atoms with van der Waals surface area (Å²) in [6.45, 7) is 3.69. The van der Waals surface area contributed by atoms with E-state index in [1.165, 1.54) is 7.11 Å². The molecular weight excluding hydrogens is 573 g/mol. The Hall–Kier alpha value is -3.72. The molecule has 4 rings (SSSR count). The van der Waals surface area contributed by atoms with E-state index in [0.717, 1.165) is 22.9 Å². The minimum absolute atomic E-state index is 0.0354. The van der Waals surface area contributed by atoms with Crippen LogP contribution < -0.4 is 9.47 Å². The highest BCUT2D eigenvalue weighted by molar-refractivity contribution is 8.18. The highest BCUT2D eigenvalue weighted by Crippen LogP contribution is 2.42. The number of methoxy groups -OCH3 is 1. The van der Waals surface area contributed by atoms with Gasteiger partial charge in [-0.2, -0.15) is 0 Å². The number of hydrogen-bond donors (Lipinski definition) is 1. The van der Waals surface area contributed by atoms with Crippen LogP contribution in [0, 0.1) is 6.92 Å². The fourth-order valence-corrected chi connectivity index (χ4v) is 5.31. The van der Waals surface area contributed by atoms with Gasteiger partial charge >= 0.3 is 5.97 Å². The summed E-state index contributed by atoms with van der Waals surface area (Å²) in [6.07, 6.45) is 1.60. The number of benzene rings is 3. The maximum absolute atomic E-state index is 12.9. The van der Waals surface area contributed by atoms with Gasteiger partial charge in [0.05, 0.1) is 23.6 Å². The average molecular weight is 599 g/mol. The lowest BCUT2D eigenvalue weighted by Crippen LogP contribution is -2.14. The summed E-state index contributed by atoms with van der Waals surface area (Å²) >= 11 is 13.8. The number of rotatable bonds is 8. The van der Waals surface area contributed by atoms with Gasteiger partial charge in [-0.3, -0.25) is 4.79 Å². The molecule has 1 aliphatic heterocycles. The number of ether oxygens (including phenoxy) is 3. The number of carbonyl (C=O) groups is 2. The van der Waals surface area contributed by atoms with Gasteiger partial charge < -0.3 is 19.3 Å². The maximum atomic E-state index is 12.9. The third-order valence-electron chi connectivity index (χ3n) is 5.83. The van der Waals surface area contributed by atoms with Crippen molar-refractivity contribution < 1.29 is 28.9 Å². The van der Waals surface area contributed by atoms with Gasteiger partial charge in [-0.1, -0.05) is 71.4 Å². The first-order valence-corrected chi connectivity index (χ1v) is 13.7. The van der Waals surface area contributed by atoms with Gasteiger partial charge in [-0.05, 0) is 55.3 Å². The number of hydrogen-bond acceptors (Lipinski definition) is 7. The SMILES string of the molecule is CCOC(=O)C1=C(O)/C(=C/c2cc(Cl)c(OCc3ccccc3Cl)c(OC)c2)SC1=NC(=O)c1ccccc1C. The summed E-state index contributed by atoms with van der Waals surface area (Å²) in [6, 6.07) is 17.6.